The molecule has 0 unspecified atom stereocenters. The van der Waals surface area contributed by atoms with E-state index in [9.17, 15) is 9.59 Å². The van der Waals surface area contributed by atoms with Gasteiger partial charge in [-0.2, -0.15) is 0 Å². The Morgan fingerprint density at radius 2 is 1.74 bits per heavy atom. The molecule has 172 valence electrons. The van der Waals surface area contributed by atoms with E-state index in [1.165, 1.54) is 0 Å². The van der Waals surface area contributed by atoms with E-state index in [0.717, 1.165) is 16.9 Å². The van der Waals surface area contributed by atoms with Crippen LogP contribution in [0.3, 0.4) is 0 Å². The predicted molar refractivity (Wildman–Crippen MR) is 130 cm³/mol. The van der Waals surface area contributed by atoms with Crippen LogP contribution in [0.5, 0.6) is 11.5 Å². The average Bonchev–Trinajstić information content (AvgIpc) is 3.15. The normalized spacial score (nSPS) is 14.9. The van der Waals surface area contributed by atoms with Gasteiger partial charge in [0.15, 0.2) is 5.43 Å². The van der Waals surface area contributed by atoms with Crippen molar-refractivity contribution in [2.45, 2.75) is 19.4 Å². The molecule has 1 aliphatic rings. The van der Waals surface area contributed by atoms with Crippen LogP contribution in [0, 0.1) is 0 Å². The standard InChI is InChI=1S/C28H25NO5/c1-3-33-21-8-6-7-19(17-21)25-24-26(30)22-9-4-5-10-23(22)34-27(24)28(31)29(25)16-15-18-11-13-20(32-2)14-12-18/h4-14,17,25H,3,15-16H2,1-2H3/t25-/m0/s1. The highest BCUT2D eigenvalue weighted by Gasteiger charge is 2.42. The maximum absolute atomic E-state index is 13.6. The second kappa shape index (κ2) is 9.06. The Labute approximate surface area is 197 Å². The van der Waals surface area contributed by atoms with E-state index in [0.29, 0.717) is 41.9 Å². The summed E-state index contributed by atoms with van der Waals surface area (Å²) < 4.78 is 16.9. The van der Waals surface area contributed by atoms with Crippen molar-refractivity contribution >= 4 is 16.9 Å². The summed E-state index contributed by atoms with van der Waals surface area (Å²) in [6, 6.07) is 21.8. The van der Waals surface area contributed by atoms with Gasteiger partial charge in [0.1, 0.15) is 17.1 Å². The maximum Gasteiger partial charge on any atom is 0.290 e. The van der Waals surface area contributed by atoms with Gasteiger partial charge in [-0.1, -0.05) is 36.4 Å². The smallest absolute Gasteiger partial charge is 0.290 e. The molecule has 0 fully saturated rings. The molecule has 0 aliphatic carbocycles. The topological polar surface area (TPSA) is 69.0 Å². The van der Waals surface area contributed by atoms with Crippen LogP contribution in [0.4, 0.5) is 0 Å². The minimum absolute atomic E-state index is 0.116. The van der Waals surface area contributed by atoms with Gasteiger partial charge in [-0.3, -0.25) is 9.59 Å². The SMILES string of the molecule is CCOc1cccc([C@H]2c3c(oc4ccccc4c3=O)C(=O)N2CCc2ccc(OC)cc2)c1. The second-order valence-electron chi connectivity index (χ2n) is 8.17. The molecule has 0 saturated heterocycles. The fraction of sp³-hybridized carbons (Fsp3) is 0.214. The van der Waals surface area contributed by atoms with Crippen LogP contribution >= 0.6 is 0 Å². The summed E-state index contributed by atoms with van der Waals surface area (Å²) in [6.45, 7) is 2.87. The minimum atomic E-state index is -0.554. The molecule has 0 radical (unpaired) electrons. The lowest BCUT2D eigenvalue weighted by molar-refractivity contribution is 0.0730. The van der Waals surface area contributed by atoms with Crippen molar-refractivity contribution in [2.75, 3.05) is 20.3 Å². The number of hydrogen-bond acceptors (Lipinski definition) is 5. The Morgan fingerprint density at radius 1 is 0.941 bits per heavy atom. The summed E-state index contributed by atoms with van der Waals surface area (Å²) in [7, 11) is 1.63. The quantitative estimate of drug-likeness (QED) is 0.393. The van der Waals surface area contributed by atoms with Gasteiger partial charge in [0, 0.05) is 6.54 Å². The molecule has 6 nitrogen and oxygen atoms in total. The van der Waals surface area contributed by atoms with Crippen molar-refractivity contribution in [3.63, 3.8) is 0 Å². The van der Waals surface area contributed by atoms with Gasteiger partial charge in [0.05, 0.1) is 30.7 Å². The molecule has 4 aromatic rings. The molecule has 1 amide bonds. The van der Waals surface area contributed by atoms with Gasteiger partial charge in [-0.05, 0) is 60.9 Å². The van der Waals surface area contributed by atoms with Crippen LogP contribution in [0.25, 0.3) is 11.0 Å². The first kappa shape index (κ1) is 21.8. The number of rotatable bonds is 7. The largest absolute Gasteiger partial charge is 0.497 e. The lowest BCUT2D eigenvalue weighted by Crippen LogP contribution is -2.31. The predicted octanol–water partition coefficient (Wildman–Crippen LogP) is 4.99. The Hall–Kier alpha value is -4.06. The van der Waals surface area contributed by atoms with E-state index in [2.05, 4.69) is 0 Å². The van der Waals surface area contributed by atoms with E-state index in [4.69, 9.17) is 13.9 Å². The van der Waals surface area contributed by atoms with Crippen molar-refractivity contribution in [1.29, 1.82) is 0 Å². The maximum atomic E-state index is 13.6. The number of nitrogens with zero attached hydrogens (tertiary/aromatic N) is 1. The van der Waals surface area contributed by atoms with Gasteiger partial charge in [-0.25, -0.2) is 0 Å². The van der Waals surface area contributed by atoms with Crippen LogP contribution < -0.4 is 14.9 Å². The zero-order valence-corrected chi connectivity index (χ0v) is 19.1. The molecule has 0 saturated carbocycles. The van der Waals surface area contributed by atoms with Crippen LogP contribution in [-0.2, 0) is 6.42 Å². The third-order valence-electron chi connectivity index (χ3n) is 6.16. The lowest BCUT2D eigenvalue weighted by atomic mass is 9.98. The summed E-state index contributed by atoms with van der Waals surface area (Å²) in [5, 5.41) is 0.469. The first-order chi connectivity index (χ1) is 16.6. The zero-order chi connectivity index (χ0) is 23.7. The summed E-state index contributed by atoms with van der Waals surface area (Å²) in [5.41, 5.74) is 2.50. The van der Waals surface area contributed by atoms with E-state index in [1.54, 1.807) is 36.3 Å². The number of hydrogen-bond donors (Lipinski definition) is 0. The van der Waals surface area contributed by atoms with Gasteiger partial charge >= 0.3 is 0 Å². The Kier molecular flexibility index (Phi) is 5.80. The van der Waals surface area contributed by atoms with Crippen molar-refractivity contribution in [3.8, 4) is 11.5 Å². The molecule has 3 aromatic carbocycles. The zero-order valence-electron chi connectivity index (χ0n) is 19.1. The van der Waals surface area contributed by atoms with E-state index in [1.807, 2.05) is 55.5 Å². The van der Waals surface area contributed by atoms with Gasteiger partial charge in [0.25, 0.3) is 5.91 Å². The van der Waals surface area contributed by atoms with Crippen LogP contribution in [0.2, 0.25) is 0 Å². The number of benzene rings is 3. The Balaban J connectivity index is 1.59. The van der Waals surface area contributed by atoms with Crippen molar-refractivity contribution in [1.82, 2.24) is 4.90 Å². The summed E-state index contributed by atoms with van der Waals surface area (Å²) in [6.07, 6.45) is 0.624. The Bertz CT molecular complexity index is 1410. The molecule has 6 heteroatoms. The van der Waals surface area contributed by atoms with Crippen molar-refractivity contribution < 1.29 is 18.7 Å². The summed E-state index contributed by atoms with van der Waals surface area (Å²) >= 11 is 0. The van der Waals surface area contributed by atoms with Gasteiger partial charge in [0.2, 0.25) is 5.76 Å². The molecule has 0 spiro atoms. The molecule has 0 N–H and O–H groups in total. The molecular weight excluding hydrogens is 430 g/mol. The van der Waals surface area contributed by atoms with Crippen LogP contribution in [0.1, 0.15) is 40.2 Å². The highest BCUT2D eigenvalue weighted by molar-refractivity contribution is 5.99. The molecule has 2 heterocycles. The first-order valence-electron chi connectivity index (χ1n) is 11.3. The number of para-hydroxylation sites is 1. The second-order valence-corrected chi connectivity index (χ2v) is 8.17. The van der Waals surface area contributed by atoms with Crippen LogP contribution in [-0.4, -0.2) is 31.1 Å². The third kappa shape index (κ3) is 3.81. The van der Waals surface area contributed by atoms with Gasteiger partial charge < -0.3 is 18.8 Å². The molecule has 5 rings (SSSR count). The summed E-state index contributed by atoms with van der Waals surface area (Å²) in [4.78, 5) is 28.8. The lowest BCUT2D eigenvalue weighted by Gasteiger charge is -2.25. The molecular formula is C28H25NO5. The third-order valence-corrected chi connectivity index (χ3v) is 6.16. The van der Waals surface area contributed by atoms with E-state index in [-0.39, 0.29) is 17.1 Å². The highest BCUT2D eigenvalue weighted by atomic mass is 16.5. The van der Waals surface area contributed by atoms with E-state index >= 15 is 0 Å². The average molecular weight is 456 g/mol. The molecule has 0 bridgehead atoms. The first-order valence-corrected chi connectivity index (χ1v) is 11.3. The molecule has 1 aromatic heterocycles. The monoisotopic (exact) mass is 455 g/mol. The fourth-order valence-electron chi connectivity index (χ4n) is 4.53. The minimum Gasteiger partial charge on any atom is -0.497 e. The number of carbonyl (C=O) groups is 1. The fourth-order valence-corrected chi connectivity index (χ4v) is 4.53. The number of ether oxygens (including phenoxy) is 2. The summed E-state index contributed by atoms with van der Waals surface area (Å²) in [5.74, 6) is 1.31. The van der Waals surface area contributed by atoms with Crippen LogP contribution in [0.15, 0.2) is 82.0 Å². The van der Waals surface area contributed by atoms with Crippen molar-refractivity contribution in [2.24, 2.45) is 0 Å². The molecule has 34 heavy (non-hydrogen) atoms. The molecule has 1 atom stereocenters. The van der Waals surface area contributed by atoms with Gasteiger partial charge in [-0.15, -0.1) is 0 Å². The number of methoxy groups -OCH3 is 1. The highest BCUT2D eigenvalue weighted by Crippen LogP contribution is 2.39. The molecule has 1 aliphatic heterocycles. The number of fused-ring (bicyclic) bond motifs is 2. The Morgan fingerprint density at radius 3 is 2.50 bits per heavy atom. The van der Waals surface area contributed by atoms with Crippen molar-refractivity contribution in [3.05, 3.63) is 105 Å². The van der Waals surface area contributed by atoms with E-state index < -0.39 is 6.04 Å². The number of carbonyl (C=O) groups excluding carboxylic acids is 1. The number of amides is 1.